The van der Waals surface area contributed by atoms with Crippen LogP contribution in [0.3, 0.4) is 0 Å². The van der Waals surface area contributed by atoms with Gasteiger partial charge in [0.1, 0.15) is 13.2 Å². The second kappa shape index (κ2) is 10.7. The van der Waals surface area contributed by atoms with E-state index in [4.69, 9.17) is 32.7 Å². The van der Waals surface area contributed by atoms with Gasteiger partial charge in [-0.25, -0.2) is 0 Å². The zero-order chi connectivity index (χ0) is 23.4. The molecule has 1 aliphatic rings. The molecule has 6 nitrogen and oxygen atoms in total. The number of nitrogens with zero attached hydrogens (tertiary/aromatic N) is 1. The predicted octanol–water partition coefficient (Wildman–Crippen LogP) is 6.32. The molecule has 0 N–H and O–H groups in total. The number of benzene rings is 2. The number of hydrogen-bond acceptors (Lipinski definition) is 6. The fourth-order valence-electron chi connectivity index (χ4n) is 2.78. The Bertz CT molecular complexity index is 1080. The molecule has 1 fully saturated rings. The number of hydrogen-bond donors (Lipinski definition) is 0. The van der Waals surface area contributed by atoms with Crippen molar-refractivity contribution in [3.8, 4) is 5.75 Å². The van der Waals surface area contributed by atoms with Crippen LogP contribution in [-0.2, 0) is 20.9 Å². The van der Waals surface area contributed by atoms with Gasteiger partial charge in [-0.3, -0.25) is 19.3 Å². The first kappa shape index (κ1) is 24.6. The quantitative estimate of drug-likeness (QED) is 0.292. The minimum Gasteiger partial charge on any atom is -0.486 e. The van der Waals surface area contributed by atoms with Crippen LogP contribution in [0.5, 0.6) is 5.75 Å². The van der Waals surface area contributed by atoms with Crippen molar-refractivity contribution in [2.75, 3.05) is 6.54 Å². The number of thioether (sulfide) groups is 1. The fraction of sp³-hybridized carbons (Fsp3) is 0.227. The molecule has 32 heavy (non-hydrogen) atoms. The van der Waals surface area contributed by atoms with Crippen molar-refractivity contribution in [1.29, 1.82) is 0 Å². The molecule has 2 amide bonds. The van der Waals surface area contributed by atoms with E-state index in [9.17, 15) is 14.4 Å². The number of ether oxygens (including phenoxy) is 2. The van der Waals surface area contributed by atoms with Crippen molar-refractivity contribution in [1.82, 2.24) is 4.90 Å². The summed E-state index contributed by atoms with van der Waals surface area (Å²) >= 11 is 16.7. The smallest absolute Gasteiger partial charge is 0.326 e. The summed E-state index contributed by atoms with van der Waals surface area (Å²) in [5.41, 5.74) is 1.40. The van der Waals surface area contributed by atoms with Crippen LogP contribution in [0.4, 0.5) is 4.79 Å². The molecule has 0 aromatic heterocycles. The standard InChI is InChI=1S/C22H18BrCl2NO5S/c1-12(2)31-19(27)10-26-21(28)18(32-22(26)29)9-13-7-15(23)20(17(25)8-13)30-11-14-5-3-4-6-16(14)24/h3-9,12H,10-11H2,1-2H3/b18-9+. The number of carbonyl (C=O) groups excluding carboxylic acids is 3. The Morgan fingerprint density at radius 1 is 1.19 bits per heavy atom. The highest BCUT2D eigenvalue weighted by Gasteiger charge is 2.36. The van der Waals surface area contributed by atoms with Crippen LogP contribution in [0.15, 0.2) is 45.8 Å². The van der Waals surface area contributed by atoms with Gasteiger partial charge >= 0.3 is 5.97 Å². The molecular weight excluding hydrogens is 541 g/mol. The number of esters is 1. The summed E-state index contributed by atoms with van der Waals surface area (Å²) in [5.74, 6) is -0.783. The van der Waals surface area contributed by atoms with Gasteiger partial charge in [-0.05, 0) is 71.4 Å². The van der Waals surface area contributed by atoms with Crippen LogP contribution >= 0.6 is 50.9 Å². The molecule has 1 aliphatic heterocycles. The Morgan fingerprint density at radius 3 is 2.56 bits per heavy atom. The predicted molar refractivity (Wildman–Crippen MR) is 129 cm³/mol. The monoisotopic (exact) mass is 557 g/mol. The number of carbonyl (C=O) groups is 3. The Kier molecular flexibility index (Phi) is 8.27. The summed E-state index contributed by atoms with van der Waals surface area (Å²) in [6.07, 6.45) is 1.20. The van der Waals surface area contributed by atoms with Gasteiger partial charge in [0.05, 0.1) is 20.5 Å². The molecule has 0 radical (unpaired) electrons. The van der Waals surface area contributed by atoms with E-state index in [1.165, 1.54) is 6.08 Å². The SMILES string of the molecule is CC(C)OC(=O)CN1C(=O)S/C(=C/c2cc(Cl)c(OCc3ccccc3Cl)c(Br)c2)C1=O. The molecule has 3 rings (SSSR count). The van der Waals surface area contributed by atoms with Crippen LogP contribution in [0, 0.1) is 0 Å². The zero-order valence-corrected chi connectivity index (χ0v) is 21.0. The highest BCUT2D eigenvalue weighted by molar-refractivity contribution is 9.10. The van der Waals surface area contributed by atoms with Crippen LogP contribution in [0.1, 0.15) is 25.0 Å². The third-order valence-electron chi connectivity index (χ3n) is 4.18. The molecule has 0 bridgehead atoms. The maximum Gasteiger partial charge on any atom is 0.326 e. The van der Waals surface area contributed by atoms with Crippen LogP contribution < -0.4 is 4.74 Å². The second-order valence-corrected chi connectivity index (χ2v) is 9.66. The molecule has 0 atom stereocenters. The van der Waals surface area contributed by atoms with Gasteiger partial charge < -0.3 is 9.47 Å². The molecule has 0 saturated carbocycles. The highest BCUT2D eigenvalue weighted by Crippen LogP contribution is 2.38. The largest absolute Gasteiger partial charge is 0.486 e. The van der Waals surface area contributed by atoms with Crippen molar-refractivity contribution in [3.63, 3.8) is 0 Å². The molecule has 1 saturated heterocycles. The van der Waals surface area contributed by atoms with Gasteiger partial charge in [0.25, 0.3) is 11.1 Å². The van der Waals surface area contributed by atoms with Gasteiger partial charge in [0.2, 0.25) is 0 Å². The molecule has 0 aliphatic carbocycles. The lowest BCUT2D eigenvalue weighted by Gasteiger charge is -2.13. The summed E-state index contributed by atoms with van der Waals surface area (Å²) < 4.78 is 11.4. The van der Waals surface area contributed by atoms with Crippen molar-refractivity contribution >= 4 is 74.1 Å². The van der Waals surface area contributed by atoms with Crippen molar-refractivity contribution in [3.05, 3.63) is 66.9 Å². The number of imide groups is 1. The van der Waals surface area contributed by atoms with Crippen molar-refractivity contribution in [2.45, 2.75) is 26.6 Å². The van der Waals surface area contributed by atoms with Crippen LogP contribution in [0.25, 0.3) is 6.08 Å². The minimum absolute atomic E-state index is 0.181. The summed E-state index contributed by atoms with van der Waals surface area (Å²) in [7, 11) is 0. The van der Waals surface area contributed by atoms with Gasteiger partial charge in [-0.2, -0.15) is 0 Å². The molecule has 1 heterocycles. The van der Waals surface area contributed by atoms with Crippen molar-refractivity contribution < 1.29 is 23.9 Å². The molecule has 2 aromatic carbocycles. The van der Waals surface area contributed by atoms with E-state index in [1.807, 2.05) is 18.2 Å². The van der Waals surface area contributed by atoms with E-state index >= 15 is 0 Å². The average molecular weight is 559 g/mol. The second-order valence-electron chi connectivity index (χ2n) is 7.00. The molecule has 0 unspecified atom stereocenters. The minimum atomic E-state index is -0.644. The van der Waals surface area contributed by atoms with E-state index in [2.05, 4.69) is 15.9 Å². The third-order valence-corrected chi connectivity index (χ3v) is 6.32. The first-order chi connectivity index (χ1) is 15.2. The molecular formula is C22H18BrCl2NO5S. The van der Waals surface area contributed by atoms with E-state index in [0.717, 1.165) is 22.2 Å². The summed E-state index contributed by atoms with van der Waals surface area (Å²) in [5, 5.41) is 0.369. The van der Waals surface area contributed by atoms with Gasteiger partial charge in [0.15, 0.2) is 5.75 Å². The maximum absolute atomic E-state index is 12.6. The fourth-order valence-corrected chi connectivity index (χ4v) is 4.80. The lowest BCUT2D eigenvalue weighted by molar-refractivity contribution is -0.149. The Labute approximate surface area is 208 Å². The van der Waals surface area contributed by atoms with E-state index in [-0.39, 0.29) is 17.6 Å². The zero-order valence-electron chi connectivity index (χ0n) is 17.1. The number of rotatable bonds is 7. The van der Waals surface area contributed by atoms with Gasteiger partial charge in [-0.15, -0.1) is 0 Å². The Hall–Kier alpha value is -2.00. The molecule has 168 valence electrons. The third kappa shape index (κ3) is 6.07. The maximum atomic E-state index is 12.6. The first-order valence-electron chi connectivity index (χ1n) is 9.45. The highest BCUT2D eigenvalue weighted by atomic mass is 79.9. The lowest BCUT2D eigenvalue weighted by atomic mass is 10.2. The van der Waals surface area contributed by atoms with Crippen molar-refractivity contribution in [2.24, 2.45) is 0 Å². The van der Waals surface area contributed by atoms with Gasteiger partial charge in [0, 0.05) is 10.6 Å². The van der Waals surface area contributed by atoms with Crippen LogP contribution in [0.2, 0.25) is 10.0 Å². The lowest BCUT2D eigenvalue weighted by Crippen LogP contribution is -2.35. The summed E-state index contributed by atoms with van der Waals surface area (Å²) in [6.45, 7) is 3.17. The average Bonchev–Trinajstić information content (AvgIpc) is 2.95. The summed E-state index contributed by atoms with van der Waals surface area (Å²) in [4.78, 5) is 37.7. The Balaban J connectivity index is 1.74. The van der Waals surface area contributed by atoms with E-state index in [1.54, 1.807) is 32.0 Å². The molecule has 10 heteroatoms. The van der Waals surface area contributed by atoms with E-state index in [0.29, 0.717) is 25.8 Å². The van der Waals surface area contributed by atoms with Crippen LogP contribution in [-0.4, -0.2) is 34.7 Å². The topological polar surface area (TPSA) is 72.9 Å². The first-order valence-corrected chi connectivity index (χ1v) is 11.8. The van der Waals surface area contributed by atoms with Gasteiger partial charge in [-0.1, -0.05) is 41.4 Å². The number of halogens is 3. The molecule has 0 spiro atoms. The summed E-state index contributed by atoms with van der Waals surface area (Å²) in [6, 6.07) is 10.7. The number of amides is 2. The Morgan fingerprint density at radius 2 is 1.91 bits per heavy atom. The normalized spacial score (nSPS) is 15.1. The van der Waals surface area contributed by atoms with E-state index < -0.39 is 23.7 Å². The molecule has 2 aromatic rings.